The van der Waals surface area contributed by atoms with Crippen LogP contribution in [0.2, 0.25) is 5.02 Å². The first-order chi connectivity index (χ1) is 15.3. The zero-order valence-electron chi connectivity index (χ0n) is 16.6. The molecule has 3 aromatic carbocycles. The van der Waals surface area contributed by atoms with Crippen LogP contribution in [-0.2, 0) is 12.4 Å². The molecule has 0 aromatic heterocycles. The number of hydrogen-bond acceptors (Lipinski definition) is 2. The van der Waals surface area contributed by atoms with Gasteiger partial charge in [0.05, 0.1) is 21.7 Å². The van der Waals surface area contributed by atoms with Crippen molar-refractivity contribution in [2.24, 2.45) is 0 Å². The highest BCUT2D eigenvalue weighted by Gasteiger charge is 2.37. The Morgan fingerprint density at radius 1 is 0.848 bits per heavy atom. The van der Waals surface area contributed by atoms with Crippen molar-refractivity contribution in [2.75, 3.05) is 11.9 Å². The lowest BCUT2D eigenvalue weighted by Gasteiger charge is -2.19. The Balaban J connectivity index is 1.86. The molecule has 0 saturated heterocycles. The standard InChI is InChI=1S/C22H13ClF7NO2/c1-31(20(32)19-17(23)3-2-4-18(19)24)14-5-7-15(8-6-14)33-16-10-12(21(25,26)27)9-13(11-16)22(28,29)30/h2-11H,1H3. The molecule has 0 fully saturated rings. The zero-order chi connectivity index (χ0) is 24.6. The second-order valence-corrected chi connectivity index (χ2v) is 7.21. The van der Waals surface area contributed by atoms with Gasteiger partial charge in [-0.05, 0) is 54.6 Å². The lowest BCUT2D eigenvalue weighted by Crippen LogP contribution is -2.27. The van der Waals surface area contributed by atoms with Gasteiger partial charge in [-0.2, -0.15) is 26.3 Å². The molecule has 0 saturated carbocycles. The smallest absolute Gasteiger partial charge is 0.416 e. The van der Waals surface area contributed by atoms with Crippen molar-refractivity contribution >= 4 is 23.2 Å². The van der Waals surface area contributed by atoms with E-state index in [9.17, 15) is 35.5 Å². The van der Waals surface area contributed by atoms with E-state index < -0.39 is 41.0 Å². The van der Waals surface area contributed by atoms with Crippen molar-refractivity contribution in [1.82, 2.24) is 0 Å². The molecule has 0 heterocycles. The largest absolute Gasteiger partial charge is 0.457 e. The topological polar surface area (TPSA) is 29.5 Å². The van der Waals surface area contributed by atoms with Gasteiger partial charge >= 0.3 is 12.4 Å². The minimum absolute atomic E-state index is 0.00955. The van der Waals surface area contributed by atoms with E-state index in [0.29, 0.717) is 12.1 Å². The maximum absolute atomic E-state index is 14.0. The molecular formula is C22H13ClF7NO2. The highest BCUT2D eigenvalue weighted by atomic mass is 35.5. The summed E-state index contributed by atoms with van der Waals surface area (Å²) < 4.78 is 97.1. The average Bonchev–Trinajstić information content (AvgIpc) is 2.72. The number of hydrogen-bond donors (Lipinski definition) is 0. The highest BCUT2D eigenvalue weighted by Crippen LogP contribution is 2.39. The van der Waals surface area contributed by atoms with Crippen molar-refractivity contribution in [3.63, 3.8) is 0 Å². The Kier molecular flexibility index (Phi) is 6.60. The molecule has 174 valence electrons. The van der Waals surface area contributed by atoms with Gasteiger partial charge in [0.25, 0.3) is 5.91 Å². The molecule has 1 amide bonds. The quantitative estimate of drug-likeness (QED) is 0.352. The maximum atomic E-state index is 14.0. The van der Waals surface area contributed by atoms with Crippen LogP contribution in [0, 0.1) is 5.82 Å². The number of ether oxygens (including phenoxy) is 1. The molecule has 3 aromatic rings. The van der Waals surface area contributed by atoms with E-state index in [1.807, 2.05) is 0 Å². The third kappa shape index (κ3) is 5.57. The first-order valence-electron chi connectivity index (χ1n) is 9.07. The molecule has 3 nitrogen and oxygen atoms in total. The molecule has 0 aliphatic rings. The van der Waals surface area contributed by atoms with Gasteiger partial charge in [-0.3, -0.25) is 4.79 Å². The van der Waals surface area contributed by atoms with Gasteiger partial charge in [-0.1, -0.05) is 17.7 Å². The van der Waals surface area contributed by atoms with Crippen LogP contribution in [-0.4, -0.2) is 13.0 Å². The third-order valence-corrected chi connectivity index (χ3v) is 4.82. The summed E-state index contributed by atoms with van der Waals surface area (Å²) in [5.74, 6) is -2.35. The second-order valence-electron chi connectivity index (χ2n) is 6.80. The minimum Gasteiger partial charge on any atom is -0.457 e. The fourth-order valence-electron chi connectivity index (χ4n) is 2.85. The van der Waals surface area contributed by atoms with Crippen LogP contribution >= 0.6 is 11.6 Å². The number of benzene rings is 3. The predicted octanol–water partition coefficient (Wildman–Crippen LogP) is 7.59. The Hall–Kier alpha value is -3.27. The highest BCUT2D eigenvalue weighted by molar-refractivity contribution is 6.34. The Morgan fingerprint density at radius 3 is 1.88 bits per heavy atom. The lowest BCUT2D eigenvalue weighted by molar-refractivity contribution is -0.143. The Bertz CT molecular complexity index is 1120. The molecule has 0 unspecified atom stereocenters. The second kappa shape index (κ2) is 8.93. The van der Waals surface area contributed by atoms with Crippen molar-refractivity contribution in [2.45, 2.75) is 12.4 Å². The number of alkyl halides is 6. The molecule has 0 bridgehead atoms. The monoisotopic (exact) mass is 491 g/mol. The van der Waals surface area contributed by atoms with Gasteiger partial charge in [-0.15, -0.1) is 0 Å². The normalized spacial score (nSPS) is 11.9. The molecule has 3 rings (SSSR count). The molecular weight excluding hydrogens is 479 g/mol. The van der Waals surface area contributed by atoms with E-state index in [1.54, 1.807) is 0 Å². The van der Waals surface area contributed by atoms with E-state index in [2.05, 4.69) is 0 Å². The predicted molar refractivity (Wildman–Crippen MR) is 107 cm³/mol. The van der Waals surface area contributed by atoms with Crippen molar-refractivity contribution < 1.29 is 40.3 Å². The molecule has 0 spiro atoms. The van der Waals surface area contributed by atoms with E-state index in [4.69, 9.17) is 16.3 Å². The molecule has 0 aliphatic heterocycles. The first-order valence-corrected chi connectivity index (χ1v) is 9.44. The van der Waals surface area contributed by atoms with Gasteiger partial charge in [0.2, 0.25) is 0 Å². The zero-order valence-corrected chi connectivity index (χ0v) is 17.3. The van der Waals surface area contributed by atoms with E-state index >= 15 is 0 Å². The molecule has 0 radical (unpaired) electrons. The summed E-state index contributed by atoms with van der Waals surface area (Å²) in [6.07, 6.45) is -10.0. The summed E-state index contributed by atoms with van der Waals surface area (Å²) in [7, 11) is 1.34. The molecule has 11 heteroatoms. The fourth-order valence-corrected chi connectivity index (χ4v) is 3.09. The summed E-state index contributed by atoms with van der Waals surface area (Å²) in [6.45, 7) is 0. The Labute approximate surface area is 188 Å². The number of amides is 1. The SMILES string of the molecule is CN(C(=O)c1c(F)cccc1Cl)c1ccc(Oc2cc(C(F)(F)F)cc(C(F)(F)F)c2)cc1. The van der Waals surface area contributed by atoms with Gasteiger partial charge in [0.1, 0.15) is 17.3 Å². The van der Waals surface area contributed by atoms with Gasteiger partial charge < -0.3 is 9.64 Å². The molecule has 0 aliphatic carbocycles. The van der Waals surface area contributed by atoms with Gasteiger partial charge in [0, 0.05) is 12.7 Å². The third-order valence-electron chi connectivity index (χ3n) is 4.50. The maximum Gasteiger partial charge on any atom is 0.416 e. The molecule has 33 heavy (non-hydrogen) atoms. The van der Waals surface area contributed by atoms with Crippen LogP contribution in [0.25, 0.3) is 0 Å². The van der Waals surface area contributed by atoms with Gasteiger partial charge in [-0.25, -0.2) is 4.39 Å². The van der Waals surface area contributed by atoms with Crippen LogP contribution in [0.1, 0.15) is 21.5 Å². The average molecular weight is 492 g/mol. The number of halogens is 8. The molecule has 0 atom stereocenters. The van der Waals surface area contributed by atoms with Crippen LogP contribution < -0.4 is 9.64 Å². The van der Waals surface area contributed by atoms with Crippen molar-refractivity contribution in [3.05, 3.63) is 88.2 Å². The van der Waals surface area contributed by atoms with Crippen molar-refractivity contribution in [1.29, 1.82) is 0 Å². The summed E-state index contributed by atoms with van der Waals surface area (Å²) in [6, 6.07) is 9.72. The van der Waals surface area contributed by atoms with Crippen LogP contribution in [0.4, 0.5) is 36.4 Å². The number of rotatable bonds is 4. The summed E-state index contributed by atoms with van der Waals surface area (Å²) in [5, 5.41) is -0.100. The lowest BCUT2D eigenvalue weighted by atomic mass is 10.1. The van der Waals surface area contributed by atoms with Gasteiger partial charge in [0.15, 0.2) is 0 Å². The van der Waals surface area contributed by atoms with Crippen molar-refractivity contribution in [3.8, 4) is 11.5 Å². The Morgan fingerprint density at radius 2 is 1.39 bits per heavy atom. The number of carbonyl (C=O) groups is 1. The summed E-state index contributed by atoms with van der Waals surface area (Å²) in [4.78, 5) is 13.7. The van der Waals surface area contributed by atoms with E-state index in [0.717, 1.165) is 11.0 Å². The summed E-state index contributed by atoms with van der Waals surface area (Å²) >= 11 is 5.89. The van der Waals surface area contributed by atoms with Crippen LogP contribution in [0.15, 0.2) is 60.7 Å². The van der Waals surface area contributed by atoms with E-state index in [1.165, 1.54) is 43.4 Å². The number of nitrogens with zero attached hydrogens (tertiary/aromatic N) is 1. The number of carbonyl (C=O) groups excluding carboxylic acids is 1. The number of anilines is 1. The van der Waals surface area contributed by atoms with Crippen LogP contribution in [0.5, 0.6) is 11.5 Å². The summed E-state index contributed by atoms with van der Waals surface area (Å²) in [5.41, 5.74) is -3.15. The first kappa shape index (κ1) is 24.4. The van der Waals surface area contributed by atoms with E-state index in [-0.39, 0.29) is 28.1 Å². The van der Waals surface area contributed by atoms with Crippen LogP contribution in [0.3, 0.4) is 0 Å². The molecule has 0 N–H and O–H groups in total. The fraction of sp³-hybridized carbons (Fsp3) is 0.136. The minimum atomic E-state index is -5.01.